The van der Waals surface area contributed by atoms with Gasteiger partial charge in [-0.15, -0.1) is 0 Å². The average molecular weight is 413 g/mol. The third-order valence-electron chi connectivity index (χ3n) is 4.27. The van der Waals surface area contributed by atoms with Crippen molar-refractivity contribution in [3.05, 3.63) is 76.6 Å². The summed E-state index contributed by atoms with van der Waals surface area (Å²) < 4.78 is 7.30. The lowest BCUT2D eigenvalue weighted by molar-refractivity contribution is 0.415. The van der Waals surface area contributed by atoms with Gasteiger partial charge in [0.1, 0.15) is 5.75 Å². The Balaban J connectivity index is 1.66. The molecule has 0 fully saturated rings. The van der Waals surface area contributed by atoms with Gasteiger partial charge >= 0.3 is 0 Å². The first-order valence-corrected chi connectivity index (χ1v) is 9.45. The third-order valence-corrected chi connectivity index (χ3v) is 4.72. The summed E-state index contributed by atoms with van der Waals surface area (Å²) in [5.41, 5.74) is 7.96. The summed E-state index contributed by atoms with van der Waals surface area (Å²) in [5, 5.41) is 8.46. The Morgan fingerprint density at radius 3 is 2.43 bits per heavy atom. The number of aromatic nitrogens is 1. The molecule has 3 rings (SSSR count). The predicted octanol–water partition coefficient (Wildman–Crippen LogP) is 5.08. The molecule has 0 atom stereocenters. The van der Waals surface area contributed by atoms with E-state index in [1.807, 2.05) is 48.5 Å². The smallest absolute Gasteiger partial charge is 0.191 e. The van der Waals surface area contributed by atoms with E-state index in [4.69, 9.17) is 28.6 Å². The van der Waals surface area contributed by atoms with Gasteiger partial charge in [-0.05, 0) is 80.7 Å². The number of anilines is 1. The molecule has 0 radical (unpaired) electrons. The zero-order valence-corrected chi connectivity index (χ0v) is 17.4. The van der Waals surface area contributed by atoms with Crippen LogP contribution in [0.5, 0.6) is 5.75 Å². The lowest BCUT2D eigenvalue weighted by atomic mass is 10.2. The molecule has 0 saturated carbocycles. The molecular formula is C21H21ClN4OS. The number of halogens is 1. The largest absolute Gasteiger partial charge is 0.497 e. The minimum atomic E-state index is 0.410. The van der Waals surface area contributed by atoms with E-state index in [2.05, 4.69) is 40.3 Å². The second-order valence-corrected chi connectivity index (χ2v) is 7.04. The van der Waals surface area contributed by atoms with Crippen molar-refractivity contribution in [3.63, 3.8) is 0 Å². The molecule has 0 aliphatic carbocycles. The van der Waals surface area contributed by atoms with Gasteiger partial charge in [-0.2, -0.15) is 5.10 Å². The fraction of sp³-hybridized carbons (Fsp3) is 0.143. The molecule has 1 heterocycles. The quantitative estimate of drug-likeness (QED) is 0.348. The number of rotatable bonds is 5. The van der Waals surface area contributed by atoms with Crippen LogP contribution in [0.2, 0.25) is 5.02 Å². The highest BCUT2D eigenvalue weighted by Gasteiger charge is 2.09. The van der Waals surface area contributed by atoms with Crippen LogP contribution in [-0.2, 0) is 0 Å². The van der Waals surface area contributed by atoms with Gasteiger partial charge in [-0.25, -0.2) is 0 Å². The second kappa shape index (κ2) is 8.91. The number of hydrogen-bond acceptors (Lipinski definition) is 3. The Hall–Kier alpha value is -2.83. The standard InChI is InChI=1S/C21H21ClN4OS/c1-14-12-16(15(2)26(14)19-8-4-17(22)5-9-19)13-23-25-21(28)24-18-6-10-20(27-3)11-7-18/h4-13H,1-3H3,(H2,24,25,28)/b23-13-. The van der Waals surface area contributed by atoms with Crippen molar-refractivity contribution < 1.29 is 4.74 Å². The van der Waals surface area contributed by atoms with E-state index in [1.165, 1.54) is 0 Å². The average Bonchev–Trinajstić information content (AvgIpc) is 2.97. The summed E-state index contributed by atoms with van der Waals surface area (Å²) in [6.07, 6.45) is 1.76. The van der Waals surface area contributed by atoms with Crippen LogP contribution >= 0.6 is 23.8 Å². The number of nitrogens with one attached hydrogen (secondary N) is 2. The van der Waals surface area contributed by atoms with E-state index in [1.54, 1.807) is 13.3 Å². The summed E-state index contributed by atoms with van der Waals surface area (Å²) in [5.74, 6) is 0.790. The Morgan fingerprint density at radius 1 is 1.11 bits per heavy atom. The van der Waals surface area contributed by atoms with Crippen LogP contribution < -0.4 is 15.5 Å². The first-order valence-electron chi connectivity index (χ1n) is 8.67. The number of hydrogen-bond donors (Lipinski definition) is 2. The lowest BCUT2D eigenvalue weighted by Crippen LogP contribution is -2.23. The Bertz CT molecular complexity index is 994. The van der Waals surface area contributed by atoms with Crippen molar-refractivity contribution in [3.8, 4) is 11.4 Å². The van der Waals surface area contributed by atoms with Crippen LogP contribution in [0.3, 0.4) is 0 Å². The molecule has 0 amide bonds. The van der Waals surface area contributed by atoms with Gasteiger partial charge < -0.3 is 14.6 Å². The Morgan fingerprint density at radius 2 is 1.79 bits per heavy atom. The number of nitrogens with zero attached hydrogens (tertiary/aromatic N) is 2. The zero-order valence-electron chi connectivity index (χ0n) is 15.9. The predicted molar refractivity (Wildman–Crippen MR) is 120 cm³/mol. The van der Waals surface area contributed by atoms with Gasteiger partial charge in [0.15, 0.2) is 5.11 Å². The molecule has 2 N–H and O–H groups in total. The highest BCUT2D eigenvalue weighted by molar-refractivity contribution is 7.80. The Kier molecular flexibility index (Phi) is 6.34. The minimum absolute atomic E-state index is 0.410. The highest BCUT2D eigenvalue weighted by atomic mass is 35.5. The monoisotopic (exact) mass is 412 g/mol. The van der Waals surface area contributed by atoms with Gasteiger partial charge in [0.2, 0.25) is 0 Å². The summed E-state index contributed by atoms with van der Waals surface area (Å²) in [7, 11) is 1.63. The minimum Gasteiger partial charge on any atom is -0.497 e. The topological polar surface area (TPSA) is 50.6 Å². The van der Waals surface area contributed by atoms with Crippen molar-refractivity contribution in [1.82, 2.24) is 9.99 Å². The van der Waals surface area contributed by atoms with Crippen molar-refractivity contribution in [2.75, 3.05) is 12.4 Å². The molecule has 5 nitrogen and oxygen atoms in total. The fourth-order valence-corrected chi connectivity index (χ4v) is 3.20. The molecular weight excluding hydrogens is 392 g/mol. The molecule has 2 aromatic carbocycles. The van der Waals surface area contributed by atoms with Crippen LogP contribution in [0.15, 0.2) is 59.7 Å². The normalized spacial score (nSPS) is 10.9. The summed E-state index contributed by atoms with van der Waals surface area (Å²) in [6, 6.07) is 17.3. The van der Waals surface area contributed by atoms with Gasteiger partial charge in [0, 0.05) is 33.3 Å². The molecule has 3 aromatic rings. The van der Waals surface area contributed by atoms with Crippen LogP contribution in [-0.4, -0.2) is 23.0 Å². The first kappa shape index (κ1) is 19.9. The SMILES string of the molecule is COc1ccc(NC(=S)N/N=C\c2cc(C)n(-c3ccc(Cl)cc3)c2C)cc1. The fourth-order valence-electron chi connectivity index (χ4n) is 2.90. The van der Waals surface area contributed by atoms with Gasteiger partial charge in [-0.3, -0.25) is 5.43 Å². The number of benzene rings is 2. The summed E-state index contributed by atoms with van der Waals surface area (Å²) in [4.78, 5) is 0. The number of thiocarbonyl (C=S) groups is 1. The number of methoxy groups -OCH3 is 1. The molecule has 0 bridgehead atoms. The van der Waals surface area contributed by atoms with Crippen molar-refractivity contribution in [1.29, 1.82) is 0 Å². The van der Waals surface area contributed by atoms with E-state index < -0.39 is 0 Å². The summed E-state index contributed by atoms with van der Waals surface area (Å²) in [6.45, 7) is 4.11. The molecule has 28 heavy (non-hydrogen) atoms. The molecule has 0 spiro atoms. The highest BCUT2D eigenvalue weighted by Crippen LogP contribution is 2.21. The van der Waals surface area contributed by atoms with Crippen molar-refractivity contribution in [2.45, 2.75) is 13.8 Å². The van der Waals surface area contributed by atoms with E-state index in [0.717, 1.165) is 39.1 Å². The molecule has 0 unspecified atom stereocenters. The summed E-state index contributed by atoms with van der Waals surface area (Å²) >= 11 is 11.3. The number of aryl methyl sites for hydroxylation is 1. The molecule has 0 saturated heterocycles. The molecule has 144 valence electrons. The maximum absolute atomic E-state index is 5.99. The van der Waals surface area contributed by atoms with E-state index in [-0.39, 0.29) is 0 Å². The van der Waals surface area contributed by atoms with Gasteiger partial charge in [0.05, 0.1) is 13.3 Å². The second-order valence-electron chi connectivity index (χ2n) is 6.19. The number of hydrazone groups is 1. The van der Waals surface area contributed by atoms with E-state index in [9.17, 15) is 0 Å². The molecule has 0 aliphatic rings. The van der Waals surface area contributed by atoms with Crippen LogP contribution in [0.25, 0.3) is 5.69 Å². The third kappa shape index (κ3) is 4.71. The van der Waals surface area contributed by atoms with E-state index >= 15 is 0 Å². The van der Waals surface area contributed by atoms with Crippen molar-refractivity contribution >= 4 is 40.8 Å². The van der Waals surface area contributed by atoms with Gasteiger partial charge in [-0.1, -0.05) is 11.6 Å². The lowest BCUT2D eigenvalue weighted by Gasteiger charge is -2.09. The van der Waals surface area contributed by atoms with Crippen LogP contribution in [0.1, 0.15) is 17.0 Å². The van der Waals surface area contributed by atoms with Gasteiger partial charge in [0.25, 0.3) is 0 Å². The Labute approximate surface area is 175 Å². The van der Waals surface area contributed by atoms with E-state index in [0.29, 0.717) is 5.11 Å². The van der Waals surface area contributed by atoms with Crippen molar-refractivity contribution in [2.24, 2.45) is 5.10 Å². The molecule has 1 aromatic heterocycles. The maximum Gasteiger partial charge on any atom is 0.191 e. The zero-order chi connectivity index (χ0) is 20.1. The van der Waals surface area contributed by atoms with Crippen LogP contribution in [0, 0.1) is 13.8 Å². The molecule has 7 heteroatoms. The van der Waals surface area contributed by atoms with Crippen LogP contribution in [0.4, 0.5) is 5.69 Å². The maximum atomic E-state index is 5.99. The number of ether oxygens (including phenoxy) is 1. The first-order chi connectivity index (χ1) is 13.5. The molecule has 0 aliphatic heterocycles.